The Bertz CT molecular complexity index is 448. The smallest absolute Gasteiger partial charge is 0.227 e. The van der Waals surface area contributed by atoms with Crippen molar-refractivity contribution < 1.29 is 9.90 Å². The van der Waals surface area contributed by atoms with Crippen molar-refractivity contribution in [2.75, 3.05) is 13.1 Å². The van der Waals surface area contributed by atoms with Gasteiger partial charge in [0.1, 0.15) is 5.60 Å². The molecule has 1 aliphatic rings. The molecule has 1 fully saturated rings. The summed E-state index contributed by atoms with van der Waals surface area (Å²) in [6.45, 7) is 6.93. The molecular weight excluding hydrogens is 226 g/mol. The molecular formula is C15H21NO2. The quantitative estimate of drug-likeness (QED) is 0.884. The number of benzene rings is 1. The van der Waals surface area contributed by atoms with Crippen LogP contribution in [-0.2, 0) is 11.2 Å². The summed E-state index contributed by atoms with van der Waals surface area (Å²) in [6, 6.07) is 7.94. The van der Waals surface area contributed by atoms with Gasteiger partial charge in [0.25, 0.3) is 0 Å². The predicted octanol–water partition coefficient (Wildman–Crippen LogP) is 1.77. The van der Waals surface area contributed by atoms with Crippen LogP contribution in [0.15, 0.2) is 24.3 Å². The van der Waals surface area contributed by atoms with Crippen LogP contribution in [-0.4, -0.2) is 34.6 Å². The van der Waals surface area contributed by atoms with E-state index in [0.717, 1.165) is 11.1 Å². The number of amides is 1. The third-order valence-electron chi connectivity index (χ3n) is 3.96. The lowest BCUT2D eigenvalue weighted by atomic mass is 9.82. The third kappa shape index (κ3) is 2.41. The highest BCUT2D eigenvalue weighted by molar-refractivity contribution is 5.80. The molecule has 1 aromatic rings. The van der Waals surface area contributed by atoms with E-state index in [1.165, 1.54) is 0 Å². The van der Waals surface area contributed by atoms with Crippen LogP contribution in [0.5, 0.6) is 0 Å². The molecule has 1 amide bonds. The van der Waals surface area contributed by atoms with E-state index in [1.54, 1.807) is 4.90 Å². The number of β-amino-alcohol motifs (C(OH)–C–C–N with tert-alkyl or cyclic N) is 1. The number of carbonyl (C=O) groups is 1. The average molecular weight is 247 g/mol. The zero-order valence-electron chi connectivity index (χ0n) is 11.3. The molecule has 0 atom stereocenters. The molecule has 18 heavy (non-hydrogen) atoms. The van der Waals surface area contributed by atoms with Crippen molar-refractivity contribution in [1.29, 1.82) is 0 Å². The largest absolute Gasteiger partial charge is 0.386 e. The number of carbonyl (C=O) groups excluding carboxylic acids is 1. The minimum absolute atomic E-state index is 0.106. The molecule has 98 valence electrons. The summed E-state index contributed by atoms with van der Waals surface area (Å²) in [5, 5.41) is 10.1. The highest BCUT2D eigenvalue weighted by Gasteiger charge is 2.45. The van der Waals surface area contributed by atoms with Gasteiger partial charge in [0.05, 0.1) is 19.5 Å². The van der Waals surface area contributed by atoms with Crippen LogP contribution in [0.3, 0.4) is 0 Å². The van der Waals surface area contributed by atoms with Gasteiger partial charge in [-0.25, -0.2) is 0 Å². The molecule has 1 N–H and O–H groups in total. The second-order valence-corrected chi connectivity index (χ2v) is 5.61. The van der Waals surface area contributed by atoms with Crippen LogP contribution < -0.4 is 0 Å². The molecule has 2 rings (SSSR count). The topological polar surface area (TPSA) is 40.5 Å². The van der Waals surface area contributed by atoms with Crippen molar-refractivity contribution in [3.63, 3.8) is 0 Å². The zero-order chi connectivity index (χ0) is 13.3. The van der Waals surface area contributed by atoms with E-state index in [1.807, 2.05) is 45.0 Å². The molecule has 1 heterocycles. The van der Waals surface area contributed by atoms with E-state index in [9.17, 15) is 9.90 Å². The lowest BCUT2D eigenvalue weighted by molar-refractivity contribution is -0.163. The van der Waals surface area contributed by atoms with E-state index in [-0.39, 0.29) is 11.8 Å². The van der Waals surface area contributed by atoms with Gasteiger partial charge in [0.15, 0.2) is 0 Å². The highest BCUT2D eigenvalue weighted by Crippen LogP contribution is 2.29. The number of likely N-dealkylation sites (tertiary alicyclic amines) is 1. The molecule has 1 aliphatic heterocycles. The molecule has 0 unspecified atom stereocenters. The molecule has 1 aromatic carbocycles. The monoisotopic (exact) mass is 247 g/mol. The predicted molar refractivity (Wildman–Crippen MR) is 71.3 cm³/mol. The van der Waals surface area contributed by atoms with Crippen LogP contribution >= 0.6 is 0 Å². The minimum atomic E-state index is -0.679. The van der Waals surface area contributed by atoms with Crippen molar-refractivity contribution in [2.45, 2.75) is 32.8 Å². The first-order valence-corrected chi connectivity index (χ1v) is 6.47. The van der Waals surface area contributed by atoms with Crippen LogP contribution in [0.2, 0.25) is 0 Å². The maximum Gasteiger partial charge on any atom is 0.227 e. The van der Waals surface area contributed by atoms with E-state index >= 15 is 0 Å². The third-order valence-corrected chi connectivity index (χ3v) is 3.96. The maximum atomic E-state index is 12.1. The Kier molecular flexibility index (Phi) is 3.44. The number of rotatable bonds is 3. The summed E-state index contributed by atoms with van der Waals surface area (Å²) in [7, 11) is 0. The Hall–Kier alpha value is -1.35. The second-order valence-electron chi connectivity index (χ2n) is 5.61. The lowest BCUT2D eigenvalue weighted by Gasteiger charge is -2.49. The number of nitrogens with zero attached hydrogens (tertiary/aromatic N) is 1. The Labute approximate surface area is 108 Å². The molecule has 3 heteroatoms. The molecule has 1 saturated heterocycles. The van der Waals surface area contributed by atoms with Crippen molar-refractivity contribution in [3.8, 4) is 0 Å². The van der Waals surface area contributed by atoms with Gasteiger partial charge in [-0.1, -0.05) is 38.1 Å². The Morgan fingerprint density at radius 3 is 2.56 bits per heavy atom. The Morgan fingerprint density at radius 1 is 1.39 bits per heavy atom. The second kappa shape index (κ2) is 4.73. The molecule has 3 nitrogen and oxygen atoms in total. The summed E-state index contributed by atoms with van der Waals surface area (Å²) >= 11 is 0. The van der Waals surface area contributed by atoms with Gasteiger partial charge in [-0.05, 0) is 24.0 Å². The fourth-order valence-electron chi connectivity index (χ4n) is 2.24. The summed E-state index contributed by atoms with van der Waals surface area (Å²) in [5.74, 6) is 0.301. The number of aryl methyl sites for hydroxylation is 1. The molecule has 0 saturated carbocycles. The molecule has 0 spiro atoms. The molecule has 0 bridgehead atoms. The SMILES string of the molecule is Cc1ccccc1CC(=O)N1CC(O)(C(C)C)C1. The molecule has 0 radical (unpaired) electrons. The standard InChI is InChI=1S/C15H21NO2/c1-11(2)15(18)9-16(10-15)14(17)8-13-7-5-4-6-12(13)3/h4-7,11,18H,8-10H2,1-3H3. The first kappa shape index (κ1) is 13.1. The van der Waals surface area contributed by atoms with Crippen LogP contribution in [0.1, 0.15) is 25.0 Å². The van der Waals surface area contributed by atoms with Crippen molar-refractivity contribution in [3.05, 3.63) is 35.4 Å². The summed E-state index contributed by atoms with van der Waals surface area (Å²) in [4.78, 5) is 13.8. The van der Waals surface area contributed by atoms with E-state index in [4.69, 9.17) is 0 Å². The molecule has 0 aromatic heterocycles. The lowest BCUT2D eigenvalue weighted by Crippen LogP contribution is -2.66. The fourth-order valence-corrected chi connectivity index (χ4v) is 2.24. The summed E-state index contributed by atoms with van der Waals surface area (Å²) in [5.41, 5.74) is 1.54. The summed E-state index contributed by atoms with van der Waals surface area (Å²) in [6.07, 6.45) is 0.431. The van der Waals surface area contributed by atoms with Gasteiger partial charge in [0.2, 0.25) is 5.91 Å². The number of hydrogen-bond donors (Lipinski definition) is 1. The highest BCUT2D eigenvalue weighted by atomic mass is 16.3. The summed E-state index contributed by atoms with van der Waals surface area (Å²) < 4.78 is 0. The van der Waals surface area contributed by atoms with Crippen molar-refractivity contribution in [2.24, 2.45) is 5.92 Å². The van der Waals surface area contributed by atoms with E-state index in [2.05, 4.69) is 0 Å². The maximum absolute atomic E-state index is 12.1. The fraction of sp³-hybridized carbons (Fsp3) is 0.533. The Morgan fingerprint density at radius 2 is 2.00 bits per heavy atom. The number of hydrogen-bond acceptors (Lipinski definition) is 2. The van der Waals surface area contributed by atoms with E-state index in [0.29, 0.717) is 19.5 Å². The minimum Gasteiger partial charge on any atom is -0.386 e. The molecule has 0 aliphatic carbocycles. The van der Waals surface area contributed by atoms with Crippen LogP contribution in [0.4, 0.5) is 0 Å². The normalized spacial score (nSPS) is 17.7. The van der Waals surface area contributed by atoms with Gasteiger partial charge >= 0.3 is 0 Å². The Balaban J connectivity index is 1.94. The first-order chi connectivity index (χ1) is 8.42. The van der Waals surface area contributed by atoms with Gasteiger partial charge in [-0.15, -0.1) is 0 Å². The first-order valence-electron chi connectivity index (χ1n) is 6.47. The van der Waals surface area contributed by atoms with Crippen molar-refractivity contribution in [1.82, 2.24) is 4.90 Å². The number of aliphatic hydroxyl groups is 1. The van der Waals surface area contributed by atoms with Gasteiger partial charge in [-0.3, -0.25) is 4.79 Å². The van der Waals surface area contributed by atoms with E-state index < -0.39 is 5.60 Å². The van der Waals surface area contributed by atoms with Gasteiger partial charge < -0.3 is 10.0 Å². The van der Waals surface area contributed by atoms with Crippen LogP contribution in [0.25, 0.3) is 0 Å². The van der Waals surface area contributed by atoms with Gasteiger partial charge in [0, 0.05) is 0 Å². The van der Waals surface area contributed by atoms with Gasteiger partial charge in [-0.2, -0.15) is 0 Å². The van der Waals surface area contributed by atoms with Crippen molar-refractivity contribution >= 4 is 5.91 Å². The zero-order valence-corrected chi connectivity index (χ0v) is 11.3. The van der Waals surface area contributed by atoms with Crippen LogP contribution in [0, 0.1) is 12.8 Å². The average Bonchev–Trinajstić information content (AvgIpc) is 2.27.